The van der Waals surface area contributed by atoms with Gasteiger partial charge in [0.2, 0.25) is 0 Å². The molecule has 0 amide bonds. The molecule has 16 heavy (non-hydrogen) atoms. The molecule has 1 aliphatic heterocycles. The Bertz CT molecular complexity index is 153. The summed E-state index contributed by atoms with van der Waals surface area (Å²) in [5.74, 6) is 0. The molecule has 0 aromatic heterocycles. The number of aliphatic hydroxyl groups is 1. The smallest absolute Gasteiger partial charge is 0.0720 e. The van der Waals surface area contributed by atoms with Gasteiger partial charge in [-0.1, -0.05) is 48.5 Å². The van der Waals surface area contributed by atoms with Crippen molar-refractivity contribution < 1.29 is 5.11 Å². The average molecular weight is 231 g/mol. The average Bonchev–Trinajstić information content (AvgIpc) is 2.27. The lowest BCUT2D eigenvalue weighted by Crippen LogP contribution is -2.50. The van der Waals surface area contributed by atoms with Gasteiger partial charge in [0.1, 0.15) is 0 Å². The maximum Gasteiger partial charge on any atom is 0.0720 e. The molecule has 0 radical (unpaired) electrons. The number of hydrogen-bond acceptors (Lipinski definition) is 2. The van der Waals surface area contributed by atoms with Gasteiger partial charge in [-0.25, -0.2) is 0 Å². The van der Waals surface area contributed by atoms with Crippen molar-refractivity contribution in [2.75, 3.05) is 20.1 Å². The molecule has 1 rings (SSSR count). The Morgan fingerprint density at radius 2 is 1.25 bits per heavy atom. The number of piperidine rings is 1. The fraction of sp³-hybridized carbons (Fsp3) is 1.00. The molecule has 1 saturated heterocycles. The molecular formula is C14H33NO. The van der Waals surface area contributed by atoms with Gasteiger partial charge >= 0.3 is 0 Å². The zero-order chi connectivity index (χ0) is 13.4. The second-order valence-corrected chi connectivity index (χ2v) is 5.08. The highest BCUT2D eigenvalue weighted by Gasteiger charge is 2.41. The van der Waals surface area contributed by atoms with E-state index in [4.69, 9.17) is 0 Å². The molecule has 0 unspecified atom stereocenters. The van der Waals surface area contributed by atoms with Crippen LogP contribution in [-0.2, 0) is 0 Å². The summed E-state index contributed by atoms with van der Waals surface area (Å²) in [5.41, 5.74) is -0.423. The van der Waals surface area contributed by atoms with E-state index >= 15 is 0 Å². The zero-order valence-electron chi connectivity index (χ0n) is 12.7. The van der Waals surface area contributed by atoms with E-state index in [1.54, 1.807) is 0 Å². The molecule has 1 aliphatic rings. The fourth-order valence-corrected chi connectivity index (χ4v) is 1.74. The second-order valence-electron chi connectivity index (χ2n) is 5.08. The maximum atomic E-state index is 10.3. The van der Waals surface area contributed by atoms with Crippen LogP contribution in [0.1, 0.15) is 61.3 Å². The van der Waals surface area contributed by atoms with Gasteiger partial charge in [0.05, 0.1) is 5.60 Å². The largest absolute Gasteiger partial charge is 0.389 e. The van der Waals surface area contributed by atoms with Crippen LogP contribution in [0.4, 0.5) is 0 Å². The molecule has 0 saturated carbocycles. The van der Waals surface area contributed by atoms with Gasteiger partial charge in [-0.15, -0.1) is 0 Å². The summed E-state index contributed by atoms with van der Waals surface area (Å²) >= 11 is 0. The van der Waals surface area contributed by atoms with Crippen LogP contribution in [-0.4, -0.2) is 35.7 Å². The van der Waals surface area contributed by atoms with Crippen molar-refractivity contribution in [3.63, 3.8) is 0 Å². The standard InChI is InChI=1S/C10H21NO.2C2H6/c1-9(2,3)10(12)5-7-11(4)8-6-10;2*1-2/h12H,5-8H2,1-4H3;2*1-2H3. The molecule has 2 nitrogen and oxygen atoms in total. The Morgan fingerprint density at radius 3 is 1.50 bits per heavy atom. The van der Waals surface area contributed by atoms with E-state index in [0.717, 1.165) is 25.9 Å². The van der Waals surface area contributed by atoms with Crippen molar-refractivity contribution in [3.05, 3.63) is 0 Å². The Balaban J connectivity index is 0. The lowest BCUT2D eigenvalue weighted by molar-refractivity contribution is -0.0957. The van der Waals surface area contributed by atoms with E-state index in [2.05, 4.69) is 32.7 Å². The van der Waals surface area contributed by atoms with E-state index in [9.17, 15) is 5.11 Å². The highest BCUT2D eigenvalue weighted by Crippen LogP contribution is 2.38. The van der Waals surface area contributed by atoms with E-state index in [-0.39, 0.29) is 5.41 Å². The summed E-state index contributed by atoms with van der Waals surface area (Å²) < 4.78 is 0. The first-order chi connectivity index (χ1) is 7.35. The Morgan fingerprint density at radius 1 is 0.938 bits per heavy atom. The molecule has 0 bridgehead atoms. The maximum absolute atomic E-state index is 10.3. The summed E-state index contributed by atoms with van der Waals surface area (Å²) in [4.78, 5) is 2.28. The van der Waals surface area contributed by atoms with E-state index in [1.807, 2.05) is 27.7 Å². The molecule has 0 atom stereocenters. The summed E-state index contributed by atoms with van der Waals surface area (Å²) in [7, 11) is 2.11. The van der Waals surface area contributed by atoms with Crippen LogP contribution in [0, 0.1) is 5.41 Å². The van der Waals surface area contributed by atoms with Crippen LogP contribution in [0.3, 0.4) is 0 Å². The van der Waals surface area contributed by atoms with Crippen LogP contribution in [0.2, 0.25) is 0 Å². The van der Waals surface area contributed by atoms with Gasteiger partial charge < -0.3 is 10.0 Å². The summed E-state index contributed by atoms with van der Waals surface area (Å²) in [6.07, 6.45) is 1.82. The van der Waals surface area contributed by atoms with Crippen LogP contribution < -0.4 is 0 Å². The predicted molar refractivity (Wildman–Crippen MR) is 73.8 cm³/mol. The van der Waals surface area contributed by atoms with Crippen molar-refractivity contribution in [1.29, 1.82) is 0 Å². The van der Waals surface area contributed by atoms with Crippen molar-refractivity contribution in [3.8, 4) is 0 Å². The molecule has 1 N–H and O–H groups in total. The van der Waals surface area contributed by atoms with Crippen LogP contribution >= 0.6 is 0 Å². The molecular weight excluding hydrogens is 198 g/mol. The van der Waals surface area contributed by atoms with E-state index in [1.165, 1.54) is 0 Å². The molecule has 1 fully saturated rings. The van der Waals surface area contributed by atoms with E-state index in [0.29, 0.717) is 0 Å². The molecule has 2 heteroatoms. The van der Waals surface area contributed by atoms with Crippen molar-refractivity contribution in [2.24, 2.45) is 5.41 Å². The molecule has 0 aromatic rings. The Kier molecular flexibility index (Phi) is 9.23. The molecule has 0 aliphatic carbocycles. The topological polar surface area (TPSA) is 23.5 Å². The van der Waals surface area contributed by atoms with Crippen LogP contribution in [0.5, 0.6) is 0 Å². The first-order valence-corrected chi connectivity index (χ1v) is 6.76. The zero-order valence-corrected chi connectivity index (χ0v) is 12.7. The van der Waals surface area contributed by atoms with Gasteiger partial charge in [0.25, 0.3) is 0 Å². The monoisotopic (exact) mass is 231 g/mol. The second kappa shape index (κ2) is 8.08. The Labute approximate surface area is 103 Å². The minimum Gasteiger partial charge on any atom is -0.389 e. The fourth-order valence-electron chi connectivity index (χ4n) is 1.74. The van der Waals surface area contributed by atoms with Gasteiger partial charge in [0.15, 0.2) is 0 Å². The SMILES string of the molecule is CC.CC.CN1CCC(O)(C(C)(C)C)CC1. The number of rotatable bonds is 0. The number of nitrogens with zero attached hydrogens (tertiary/aromatic N) is 1. The Hall–Kier alpha value is -0.0800. The third kappa shape index (κ3) is 5.31. The lowest BCUT2D eigenvalue weighted by atomic mass is 9.71. The number of hydrogen-bond donors (Lipinski definition) is 1. The minimum atomic E-state index is -0.445. The minimum absolute atomic E-state index is 0.0221. The quantitative estimate of drug-likeness (QED) is 0.689. The third-order valence-corrected chi connectivity index (χ3v) is 3.21. The van der Waals surface area contributed by atoms with Gasteiger partial charge in [-0.05, 0) is 25.3 Å². The summed E-state index contributed by atoms with van der Waals surface area (Å²) in [6.45, 7) is 16.4. The normalized spacial score (nSPS) is 20.1. The first kappa shape index (κ1) is 18.3. The van der Waals surface area contributed by atoms with Gasteiger partial charge in [0, 0.05) is 13.1 Å². The summed E-state index contributed by atoms with van der Waals surface area (Å²) in [6, 6.07) is 0. The van der Waals surface area contributed by atoms with Gasteiger partial charge in [-0.3, -0.25) is 0 Å². The van der Waals surface area contributed by atoms with Crippen molar-refractivity contribution in [2.45, 2.75) is 66.9 Å². The predicted octanol–water partition coefficient (Wildman–Crippen LogP) is 3.54. The van der Waals surface area contributed by atoms with Crippen molar-refractivity contribution >= 4 is 0 Å². The molecule has 0 spiro atoms. The summed E-state index contributed by atoms with van der Waals surface area (Å²) in [5, 5.41) is 10.3. The van der Waals surface area contributed by atoms with E-state index < -0.39 is 5.60 Å². The first-order valence-electron chi connectivity index (χ1n) is 6.76. The number of likely N-dealkylation sites (tertiary alicyclic amines) is 1. The van der Waals surface area contributed by atoms with Crippen LogP contribution in [0.15, 0.2) is 0 Å². The molecule has 100 valence electrons. The third-order valence-electron chi connectivity index (χ3n) is 3.21. The highest BCUT2D eigenvalue weighted by atomic mass is 16.3. The lowest BCUT2D eigenvalue weighted by Gasteiger charge is -2.45. The molecule has 1 heterocycles. The highest BCUT2D eigenvalue weighted by molar-refractivity contribution is 4.94. The van der Waals surface area contributed by atoms with Crippen molar-refractivity contribution in [1.82, 2.24) is 4.90 Å². The van der Waals surface area contributed by atoms with Gasteiger partial charge in [-0.2, -0.15) is 0 Å². The van der Waals surface area contributed by atoms with Crippen LogP contribution in [0.25, 0.3) is 0 Å². The molecule has 0 aromatic carbocycles.